The normalized spacial score (nSPS) is 32.4. The van der Waals surface area contributed by atoms with E-state index in [-0.39, 0.29) is 11.5 Å². The second-order valence-corrected chi connectivity index (χ2v) is 6.54. The third-order valence-electron chi connectivity index (χ3n) is 5.45. The first-order valence-electron chi connectivity index (χ1n) is 8.02. The zero-order valence-corrected chi connectivity index (χ0v) is 13.1. The highest BCUT2D eigenvalue weighted by molar-refractivity contribution is 5.72. The molecule has 112 valence electrons. The first-order chi connectivity index (χ1) is 10.2. The maximum Gasteiger partial charge on any atom is 0.167 e. The Bertz CT molecular complexity index is 609. The van der Waals surface area contributed by atoms with Gasteiger partial charge < -0.3 is 14.4 Å². The first-order valence-corrected chi connectivity index (χ1v) is 8.02. The van der Waals surface area contributed by atoms with Crippen molar-refractivity contribution in [3.8, 4) is 11.5 Å². The van der Waals surface area contributed by atoms with Crippen molar-refractivity contribution in [1.82, 2.24) is 0 Å². The lowest BCUT2D eigenvalue weighted by Crippen LogP contribution is -2.46. The molecule has 2 heterocycles. The Morgan fingerprint density at radius 1 is 1.43 bits per heavy atom. The molecule has 1 aromatic rings. The van der Waals surface area contributed by atoms with E-state index in [0.717, 1.165) is 37.4 Å². The van der Waals surface area contributed by atoms with Gasteiger partial charge in [0.05, 0.1) is 12.5 Å². The molecule has 3 aliphatic rings. The molecule has 0 saturated carbocycles. The van der Waals surface area contributed by atoms with Gasteiger partial charge in [-0.15, -0.1) is 0 Å². The summed E-state index contributed by atoms with van der Waals surface area (Å²) in [6.45, 7) is 6.64. The monoisotopic (exact) mass is 285 g/mol. The van der Waals surface area contributed by atoms with E-state index in [4.69, 9.17) is 9.47 Å². The maximum absolute atomic E-state index is 6.41. The Morgan fingerprint density at radius 3 is 3.05 bits per heavy atom. The van der Waals surface area contributed by atoms with Crippen LogP contribution < -0.4 is 14.4 Å². The van der Waals surface area contributed by atoms with E-state index in [2.05, 4.69) is 43.0 Å². The average Bonchev–Trinajstić information content (AvgIpc) is 2.84. The summed E-state index contributed by atoms with van der Waals surface area (Å²) in [7, 11) is 1.73. The quantitative estimate of drug-likeness (QED) is 0.776. The van der Waals surface area contributed by atoms with Crippen molar-refractivity contribution in [2.45, 2.75) is 38.2 Å². The van der Waals surface area contributed by atoms with Crippen molar-refractivity contribution in [3.63, 3.8) is 0 Å². The second kappa shape index (κ2) is 4.43. The summed E-state index contributed by atoms with van der Waals surface area (Å²) in [4.78, 5) is 2.46. The van der Waals surface area contributed by atoms with Gasteiger partial charge >= 0.3 is 0 Å². The number of ether oxygens (including phenoxy) is 2. The number of rotatable bonds is 2. The molecule has 0 N–H and O–H groups in total. The molecule has 0 aromatic heterocycles. The number of hydrogen-bond acceptors (Lipinski definition) is 3. The molecule has 3 nitrogen and oxygen atoms in total. The summed E-state index contributed by atoms with van der Waals surface area (Å²) in [5.41, 5.74) is 2.77. The molecule has 0 radical (unpaired) electrons. The lowest BCUT2D eigenvalue weighted by atomic mass is 9.66. The predicted molar refractivity (Wildman–Crippen MR) is 84.5 cm³/mol. The van der Waals surface area contributed by atoms with Crippen LogP contribution in [0.1, 0.15) is 32.3 Å². The summed E-state index contributed by atoms with van der Waals surface area (Å²) in [6.07, 6.45) is 7.30. The molecule has 2 aliphatic heterocycles. The SMILES string of the molecule is CCN1CC[C@]23C=CC(C)C[C@H]2Oc2c(OC)ccc1c23. The maximum atomic E-state index is 6.41. The van der Waals surface area contributed by atoms with Crippen LogP contribution in [-0.4, -0.2) is 26.3 Å². The van der Waals surface area contributed by atoms with Gasteiger partial charge in [-0.25, -0.2) is 0 Å². The number of benzene rings is 1. The highest BCUT2D eigenvalue weighted by atomic mass is 16.5. The molecular formula is C18H23NO2. The molecule has 0 bridgehead atoms. The lowest BCUT2D eigenvalue weighted by molar-refractivity contribution is 0.132. The highest BCUT2D eigenvalue weighted by Gasteiger charge is 2.53. The van der Waals surface area contributed by atoms with E-state index in [1.165, 1.54) is 11.3 Å². The summed E-state index contributed by atoms with van der Waals surface area (Å²) in [5.74, 6) is 2.45. The largest absolute Gasteiger partial charge is 0.493 e. The second-order valence-electron chi connectivity index (χ2n) is 6.54. The molecule has 0 saturated heterocycles. The van der Waals surface area contributed by atoms with Gasteiger partial charge in [0.1, 0.15) is 6.10 Å². The first kappa shape index (κ1) is 13.1. The van der Waals surface area contributed by atoms with E-state index in [1.54, 1.807) is 7.11 Å². The minimum atomic E-state index is 0.0669. The van der Waals surface area contributed by atoms with Crippen molar-refractivity contribution in [2.75, 3.05) is 25.1 Å². The summed E-state index contributed by atoms with van der Waals surface area (Å²) in [6, 6.07) is 4.26. The zero-order valence-electron chi connectivity index (χ0n) is 13.1. The summed E-state index contributed by atoms with van der Waals surface area (Å²) in [5, 5.41) is 0. The van der Waals surface area contributed by atoms with Gasteiger partial charge in [-0.05, 0) is 37.8 Å². The third-order valence-corrected chi connectivity index (χ3v) is 5.45. The van der Waals surface area contributed by atoms with Gasteiger partial charge in [0, 0.05) is 24.3 Å². The summed E-state index contributed by atoms with van der Waals surface area (Å²) < 4.78 is 12.0. The van der Waals surface area contributed by atoms with Gasteiger partial charge in [0.25, 0.3) is 0 Å². The van der Waals surface area contributed by atoms with Crippen molar-refractivity contribution in [2.24, 2.45) is 5.92 Å². The predicted octanol–water partition coefficient (Wildman–Crippen LogP) is 3.52. The smallest absolute Gasteiger partial charge is 0.167 e. The molecule has 1 unspecified atom stereocenters. The van der Waals surface area contributed by atoms with Gasteiger partial charge in [0.2, 0.25) is 0 Å². The van der Waals surface area contributed by atoms with Crippen LogP contribution in [0, 0.1) is 5.92 Å². The van der Waals surface area contributed by atoms with Crippen LogP contribution in [0.4, 0.5) is 5.69 Å². The number of anilines is 1. The van der Waals surface area contributed by atoms with Crippen LogP contribution >= 0.6 is 0 Å². The zero-order chi connectivity index (χ0) is 14.6. The number of methoxy groups -OCH3 is 1. The Kier molecular flexibility index (Phi) is 2.75. The molecular weight excluding hydrogens is 262 g/mol. The fraction of sp³-hybridized carbons (Fsp3) is 0.556. The Balaban J connectivity index is 1.95. The highest BCUT2D eigenvalue weighted by Crippen LogP contribution is 2.58. The number of allylic oxidation sites excluding steroid dienone is 1. The Hall–Kier alpha value is -1.64. The van der Waals surface area contributed by atoms with E-state index in [0.29, 0.717) is 5.92 Å². The van der Waals surface area contributed by atoms with E-state index < -0.39 is 0 Å². The van der Waals surface area contributed by atoms with Crippen LogP contribution in [0.25, 0.3) is 0 Å². The fourth-order valence-corrected chi connectivity index (χ4v) is 4.29. The van der Waals surface area contributed by atoms with E-state index in [9.17, 15) is 0 Å². The van der Waals surface area contributed by atoms with Gasteiger partial charge in [-0.2, -0.15) is 0 Å². The number of hydrogen-bond donors (Lipinski definition) is 0. The minimum absolute atomic E-state index is 0.0669. The molecule has 0 amide bonds. The van der Waals surface area contributed by atoms with Crippen LogP contribution in [-0.2, 0) is 5.41 Å². The lowest BCUT2D eigenvalue weighted by Gasteiger charge is -2.43. The molecule has 3 heteroatoms. The molecule has 21 heavy (non-hydrogen) atoms. The molecule has 4 rings (SSSR count). The number of nitrogens with zero attached hydrogens (tertiary/aromatic N) is 1. The Morgan fingerprint density at radius 2 is 2.29 bits per heavy atom. The van der Waals surface area contributed by atoms with Crippen molar-refractivity contribution in [3.05, 3.63) is 29.8 Å². The van der Waals surface area contributed by atoms with Crippen LogP contribution in [0.5, 0.6) is 11.5 Å². The van der Waals surface area contributed by atoms with Crippen molar-refractivity contribution < 1.29 is 9.47 Å². The van der Waals surface area contributed by atoms with Crippen molar-refractivity contribution in [1.29, 1.82) is 0 Å². The standard InChI is InChI=1S/C18H23NO2/c1-4-19-10-9-18-8-7-12(2)11-15(18)21-17-14(20-3)6-5-13(19)16(17)18/h5-8,12,15H,4,9-11H2,1-3H3/t12?,15-,18-/m1/s1. The average molecular weight is 285 g/mol. The minimum Gasteiger partial charge on any atom is -0.493 e. The molecule has 1 aliphatic carbocycles. The Labute approximate surface area is 126 Å². The van der Waals surface area contributed by atoms with E-state index in [1.807, 2.05) is 0 Å². The fourth-order valence-electron chi connectivity index (χ4n) is 4.29. The molecule has 0 fully saturated rings. The van der Waals surface area contributed by atoms with Gasteiger partial charge in [-0.1, -0.05) is 19.1 Å². The van der Waals surface area contributed by atoms with Crippen LogP contribution in [0.3, 0.4) is 0 Å². The third kappa shape index (κ3) is 1.60. The summed E-state index contributed by atoms with van der Waals surface area (Å²) >= 11 is 0. The molecule has 1 spiro atoms. The van der Waals surface area contributed by atoms with E-state index >= 15 is 0 Å². The van der Waals surface area contributed by atoms with Crippen LogP contribution in [0.15, 0.2) is 24.3 Å². The van der Waals surface area contributed by atoms with Crippen LogP contribution in [0.2, 0.25) is 0 Å². The van der Waals surface area contributed by atoms with Gasteiger partial charge in [-0.3, -0.25) is 0 Å². The molecule has 3 atom stereocenters. The van der Waals surface area contributed by atoms with Crippen molar-refractivity contribution >= 4 is 5.69 Å². The van der Waals surface area contributed by atoms with Gasteiger partial charge in [0.15, 0.2) is 11.5 Å². The topological polar surface area (TPSA) is 21.7 Å². The molecule has 1 aromatic carbocycles.